The van der Waals surface area contributed by atoms with Gasteiger partial charge in [-0.1, -0.05) is 11.6 Å². The highest BCUT2D eigenvalue weighted by Crippen LogP contribution is 2.12. The minimum Gasteiger partial charge on any atom is -0.367 e. The molecule has 100 valence electrons. The predicted octanol–water partition coefficient (Wildman–Crippen LogP) is 1.82. The van der Waals surface area contributed by atoms with Crippen molar-refractivity contribution in [2.45, 2.75) is 6.54 Å². The SMILES string of the molecule is CN(CC(=O)NCc1cc[nH]c1)c1ccc(Cl)cn1. The third-order valence-electron chi connectivity index (χ3n) is 2.64. The number of rotatable bonds is 5. The summed E-state index contributed by atoms with van der Waals surface area (Å²) in [5.74, 6) is 0.654. The van der Waals surface area contributed by atoms with Crippen LogP contribution in [-0.2, 0) is 11.3 Å². The normalized spacial score (nSPS) is 10.2. The second-order valence-electron chi connectivity index (χ2n) is 4.19. The lowest BCUT2D eigenvalue weighted by Crippen LogP contribution is -2.35. The quantitative estimate of drug-likeness (QED) is 0.877. The summed E-state index contributed by atoms with van der Waals surface area (Å²) in [6.07, 6.45) is 5.24. The Balaban J connectivity index is 1.83. The summed E-state index contributed by atoms with van der Waals surface area (Å²) in [6, 6.07) is 5.45. The van der Waals surface area contributed by atoms with Gasteiger partial charge in [-0.05, 0) is 23.8 Å². The summed E-state index contributed by atoms with van der Waals surface area (Å²) in [5, 5.41) is 3.42. The number of likely N-dealkylation sites (N-methyl/N-ethyl adjacent to an activating group) is 1. The first-order chi connectivity index (χ1) is 9.15. The van der Waals surface area contributed by atoms with Crippen LogP contribution in [0.3, 0.4) is 0 Å². The molecule has 0 bridgehead atoms. The standard InChI is InChI=1S/C13H15ClN4O/c1-18(12-3-2-11(14)8-16-12)9-13(19)17-7-10-4-5-15-6-10/h2-6,8,15H,7,9H2,1H3,(H,17,19). The van der Waals surface area contributed by atoms with Gasteiger partial charge in [0.2, 0.25) is 5.91 Å². The van der Waals surface area contributed by atoms with Gasteiger partial charge in [0.15, 0.2) is 0 Å². The molecule has 0 saturated heterocycles. The van der Waals surface area contributed by atoms with E-state index in [0.717, 1.165) is 5.56 Å². The molecule has 0 atom stereocenters. The van der Waals surface area contributed by atoms with E-state index in [0.29, 0.717) is 17.4 Å². The minimum absolute atomic E-state index is 0.0551. The Bertz CT molecular complexity index is 524. The topological polar surface area (TPSA) is 61.0 Å². The number of H-pyrrole nitrogens is 1. The molecule has 2 heterocycles. The maximum atomic E-state index is 11.8. The van der Waals surface area contributed by atoms with E-state index in [1.54, 1.807) is 23.2 Å². The van der Waals surface area contributed by atoms with Crippen molar-refractivity contribution in [2.75, 3.05) is 18.5 Å². The van der Waals surface area contributed by atoms with Crippen molar-refractivity contribution in [3.8, 4) is 0 Å². The maximum absolute atomic E-state index is 11.8. The number of nitrogens with one attached hydrogen (secondary N) is 2. The molecule has 0 fully saturated rings. The van der Waals surface area contributed by atoms with Crippen LogP contribution in [0, 0.1) is 0 Å². The highest BCUT2D eigenvalue weighted by molar-refractivity contribution is 6.30. The Morgan fingerprint density at radius 3 is 2.95 bits per heavy atom. The van der Waals surface area contributed by atoms with Crippen molar-refractivity contribution < 1.29 is 4.79 Å². The highest BCUT2D eigenvalue weighted by atomic mass is 35.5. The molecule has 0 aromatic carbocycles. The molecule has 2 rings (SSSR count). The molecule has 0 spiro atoms. The monoisotopic (exact) mass is 278 g/mol. The third kappa shape index (κ3) is 3.99. The molecular weight excluding hydrogens is 264 g/mol. The molecule has 6 heteroatoms. The Kier molecular flexibility index (Phi) is 4.41. The van der Waals surface area contributed by atoms with Gasteiger partial charge in [0.25, 0.3) is 0 Å². The van der Waals surface area contributed by atoms with E-state index in [1.807, 2.05) is 25.5 Å². The zero-order chi connectivity index (χ0) is 13.7. The summed E-state index contributed by atoms with van der Waals surface area (Å²) in [5.41, 5.74) is 1.04. The van der Waals surface area contributed by atoms with Gasteiger partial charge in [0, 0.05) is 32.2 Å². The van der Waals surface area contributed by atoms with Crippen LogP contribution in [0.25, 0.3) is 0 Å². The van der Waals surface area contributed by atoms with Crippen LogP contribution in [0.15, 0.2) is 36.8 Å². The number of halogens is 1. The molecule has 0 radical (unpaired) electrons. The molecule has 2 aromatic rings. The van der Waals surface area contributed by atoms with Crippen molar-refractivity contribution in [3.63, 3.8) is 0 Å². The van der Waals surface area contributed by atoms with Gasteiger partial charge in [-0.2, -0.15) is 0 Å². The zero-order valence-electron chi connectivity index (χ0n) is 10.6. The Morgan fingerprint density at radius 2 is 2.32 bits per heavy atom. The average molecular weight is 279 g/mol. The molecule has 0 aliphatic rings. The summed E-state index contributed by atoms with van der Waals surface area (Å²) in [6.45, 7) is 0.767. The lowest BCUT2D eigenvalue weighted by molar-refractivity contribution is -0.119. The van der Waals surface area contributed by atoms with Gasteiger partial charge < -0.3 is 15.2 Å². The van der Waals surface area contributed by atoms with Crippen molar-refractivity contribution in [2.24, 2.45) is 0 Å². The van der Waals surface area contributed by atoms with Gasteiger partial charge >= 0.3 is 0 Å². The molecule has 1 amide bonds. The number of nitrogens with zero attached hydrogens (tertiary/aromatic N) is 2. The first kappa shape index (κ1) is 13.4. The fraction of sp³-hybridized carbons (Fsp3) is 0.231. The van der Waals surface area contributed by atoms with Crippen molar-refractivity contribution in [1.29, 1.82) is 0 Å². The summed E-state index contributed by atoms with van der Waals surface area (Å²) in [4.78, 5) is 20.6. The summed E-state index contributed by atoms with van der Waals surface area (Å²) in [7, 11) is 1.81. The fourth-order valence-electron chi connectivity index (χ4n) is 1.62. The van der Waals surface area contributed by atoms with E-state index in [9.17, 15) is 4.79 Å². The number of carbonyl (C=O) groups is 1. The van der Waals surface area contributed by atoms with E-state index >= 15 is 0 Å². The first-order valence-electron chi connectivity index (χ1n) is 5.86. The molecule has 0 aliphatic carbocycles. The molecule has 5 nitrogen and oxygen atoms in total. The van der Waals surface area contributed by atoms with Crippen molar-refractivity contribution >= 4 is 23.3 Å². The van der Waals surface area contributed by atoms with Crippen LogP contribution in [0.4, 0.5) is 5.82 Å². The smallest absolute Gasteiger partial charge is 0.239 e. The highest BCUT2D eigenvalue weighted by Gasteiger charge is 2.08. The lowest BCUT2D eigenvalue weighted by atomic mass is 10.3. The van der Waals surface area contributed by atoms with Gasteiger partial charge in [-0.25, -0.2) is 4.98 Å². The van der Waals surface area contributed by atoms with Crippen LogP contribution in [0.1, 0.15) is 5.56 Å². The maximum Gasteiger partial charge on any atom is 0.239 e. The van der Waals surface area contributed by atoms with Gasteiger partial charge in [-0.15, -0.1) is 0 Å². The fourth-order valence-corrected chi connectivity index (χ4v) is 1.73. The number of amides is 1. The van der Waals surface area contributed by atoms with E-state index in [-0.39, 0.29) is 12.5 Å². The minimum atomic E-state index is -0.0551. The molecular formula is C13H15ClN4O. The number of aromatic amines is 1. The number of aromatic nitrogens is 2. The van der Waals surface area contributed by atoms with Crippen LogP contribution < -0.4 is 10.2 Å². The van der Waals surface area contributed by atoms with E-state index in [1.165, 1.54) is 0 Å². The lowest BCUT2D eigenvalue weighted by Gasteiger charge is -2.17. The molecule has 19 heavy (non-hydrogen) atoms. The Morgan fingerprint density at radius 1 is 1.47 bits per heavy atom. The largest absolute Gasteiger partial charge is 0.367 e. The second kappa shape index (κ2) is 6.24. The number of anilines is 1. The number of hydrogen-bond donors (Lipinski definition) is 2. The van der Waals surface area contributed by atoms with Gasteiger partial charge in [0.05, 0.1) is 11.6 Å². The van der Waals surface area contributed by atoms with Crippen molar-refractivity contribution in [3.05, 3.63) is 47.4 Å². The van der Waals surface area contributed by atoms with Crippen LogP contribution in [0.5, 0.6) is 0 Å². The molecule has 0 unspecified atom stereocenters. The van der Waals surface area contributed by atoms with Gasteiger partial charge in [-0.3, -0.25) is 4.79 Å². The van der Waals surface area contributed by atoms with E-state index in [4.69, 9.17) is 11.6 Å². The van der Waals surface area contributed by atoms with Crippen LogP contribution in [0.2, 0.25) is 5.02 Å². The molecule has 2 N–H and O–H groups in total. The molecule has 0 aliphatic heterocycles. The van der Waals surface area contributed by atoms with E-state index < -0.39 is 0 Å². The second-order valence-corrected chi connectivity index (χ2v) is 4.62. The average Bonchev–Trinajstić information content (AvgIpc) is 2.90. The van der Waals surface area contributed by atoms with Crippen LogP contribution >= 0.6 is 11.6 Å². The first-order valence-corrected chi connectivity index (χ1v) is 6.24. The number of hydrogen-bond acceptors (Lipinski definition) is 3. The molecule has 2 aromatic heterocycles. The summed E-state index contributed by atoms with van der Waals surface area (Å²) < 4.78 is 0. The van der Waals surface area contributed by atoms with Crippen molar-refractivity contribution in [1.82, 2.24) is 15.3 Å². The molecule has 0 saturated carbocycles. The third-order valence-corrected chi connectivity index (χ3v) is 2.86. The van der Waals surface area contributed by atoms with Crippen LogP contribution in [-0.4, -0.2) is 29.5 Å². The Labute approximate surface area is 116 Å². The zero-order valence-corrected chi connectivity index (χ0v) is 11.3. The summed E-state index contributed by atoms with van der Waals surface area (Å²) >= 11 is 5.77. The number of carbonyl (C=O) groups excluding carboxylic acids is 1. The van der Waals surface area contributed by atoms with Gasteiger partial charge in [0.1, 0.15) is 5.82 Å². The number of pyridine rings is 1. The van der Waals surface area contributed by atoms with E-state index in [2.05, 4.69) is 15.3 Å². The predicted molar refractivity (Wildman–Crippen MR) is 75.2 cm³/mol. The Hall–Kier alpha value is -2.01.